The van der Waals surface area contributed by atoms with Crippen LogP contribution in [-0.2, 0) is 19.5 Å². The average Bonchev–Trinajstić information content (AvgIpc) is 3.09. The minimum Gasteiger partial charge on any atom is -0.383 e. The van der Waals surface area contributed by atoms with Gasteiger partial charge in [-0.1, -0.05) is 12.8 Å². The number of nitrogens with zero attached hydrogens (tertiary/aromatic N) is 1. The molecule has 2 saturated carbocycles. The number of ether oxygens (including phenoxy) is 2. The number of sulfonamides is 1. The highest BCUT2D eigenvalue weighted by Gasteiger charge is 2.57. The third kappa shape index (κ3) is 3.14. The first-order valence-electron chi connectivity index (χ1n) is 8.21. The minimum absolute atomic E-state index is 0.247. The lowest BCUT2D eigenvalue weighted by Crippen LogP contribution is -2.47. The summed E-state index contributed by atoms with van der Waals surface area (Å²) < 4.78 is 37.7. The number of hydrogen-bond acceptors (Lipinski definition) is 4. The second kappa shape index (κ2) is 6.14. The Labute approximate surface area is 128 Å². The van der Waals surface area contributed by atoms with Crippen LogP contribution in [0.1, 0.15) is 51.4 Å². The van der Waals surface area contributed by atoms with Gasteiger partial charge in [0.25, 0.3) is 0 Å². The summed E-state index contributed by atoms with van der Waals surface area (Å²) in [6.07, 6.45) is 8.71. The molecule has 3 rings (SSSR count). The molecular weight excluding hydrogens is 290 g/mol. The molecule has 0 spiro atoms. The monoisotopic (exact) mass is 317 g/mol. The smallest absolute Gasteiger partial charge is 0.222 e. The van der Waals surface area contributed by atoms with Crippen LogP contribution in [-0.4, -0.2) is 56.5 Å². The highest BCUT2D eigenvalue weighted by Crippen LogP contribution is 2.46. The van der Waals surface area contributed by atoms with Crippen molar-refractivity contribution in [2.75, 3.05) is 26.8 Å². The molecule has 1 saturated heterocycles. The fourth-order valence-electron chi connectivity index (χ4n) is 3.66. The molecule has 1 heterocycles. The van der Waals surface area contributed by atoms with E-state index in [-0.39, 0.29) is 6.10 Å². The van der Waals surface area contributed by atoms with Gasteiger partial charge in [0, 0.05) is 20.2 Å². The molecule has 6 heteroatoms. The molecule has 0 amide bonds. The van der Waals surface area contributed by atoms with Gasteiger partial charge in [0.1, 0.15) is 4.75 Å². The van der Waals surface area contributed by atoms with E-state index in [9.17, 15) is 8.42 Å². The average molecular weight is 317 g/mol. The summed E-state index contributed by atoms with van der Waals surface area (Å²) in [7, 11) is -1.63. The highest BCUT2D eigenvalue weighted by atomic mass is 32.2. The standard InChI is InChI=1S/C15H27NO4S/c1-19-12-15(8-9-15)21(17,18)16-10-6-14(7-11-16)20-13-4-2-3-5-13/h13-14H,2-12H2,1H3. The molecule has 0 unspecified atom stereocenters. The third-order valence-corrected chi connectivity index (χ3v) is 7.86. The van der Waals surface area contributed by atoms with E-state index >= 15 is 0 Å². The van der Waals surface area contributed by atoms with Crippen molar-refractivity contribution in [1.29, 1.82) is 0 Å². The van der Waals surface area contributed by atoms with Gasteiger partial charge in [-0.05, 0) is 38.5 Å². The van der Waals surface area contributed by atoms with Gasteiger partial charge in [0.05, 0.1) is 18.8 Å². The van der Waals surface area contributed by atoms with Gasteiger partial charge in [-0.15, -0.1) is 0 Å². The van der Waals surface area contributed by atoms with Crippen LogP contribution < -0.4 is 0 Å². The zero-order valence-electron chi connectivity index (χ0n) is 12.9. The predicted octanol–water partition coefficient (Wildman–Crippen LogP) is 1.92. The van der Waals surface area contributed by atoms with E-state index in [0.717, 1.165) is 25.7 Å². The van der Waals surface area contributed by atoms with Crippen LogP contribution in [0.25, 0.3) is 0 Å². The lowest BCUT2D eigenvalue weighted by Gasteiger charge is -2.34. The Morgan fingerprint density at radius 1 is 1.05 bits per heavy atom. The molecule has 2 aliphatic carbocycles. The van der Waals surface area contributed by atoms with E-state index in [1.54, 1.807) is 11.4 Å². The van der Waals surface area contributed by atoms with Gasteiger partial charge in [-0.2, -0.15) is 0 Å². The molecule has 5 nitrogen and oxygen atoms in total. The predicted molar refractivity (Wildman–Crippen MR) is 80.7 cm³/mol. The van der Waals surface area contributed by atoms with Crippen LogP contribution in [0.5, 0.6) is 0 Å². The van der Waals surface area contributed by atoms with E-state index in [0.29, 0.717) is 25.8 Å². The number of rotatable bonds is 6. The number of methoxy groups -OCH3 is 1. The summed E-state index contributed by atoms with van der Waals surface area (Å²) >= 11 is 0. The topological polar surface area (TPSA) is 55.8 Å². The van der Waals surface area contributed by atoms with Crippen molar-refractivity contribution >= 4 is 10.0 Å². The highest BCUT2D eigenvalue weighted by molar-refractivity contribution is 7.90. The molecule has 122 valence electrons. The van der Waals surface area contributed by atoms with Crippen molar-refractivity contribution in [3.05, 3.63) is 0 Å². The normalized spacial score (nSPS) is 28.0. The minimum atomic E-state index is -3.21. The van der Waals surface area contributed by atoms with Gasteiger partial charge in [-0.25, -0.2) is 12.7 Å². The fraction of sp³-hybridized carbons (Fsp3) is 1.00. The Morgan fingerprint density at radius 2 is 1.62 bits per heavy atom. The van der Waals surface area contributed by atoms with E-state index in [1.807, 2.05) is 0 Å². The van der Waals surface area contributed by atoms with Crippen LogP contribution >= 0.6 is 0 Å². The van der Waals surface area contributed by atoms with Gasteiger partial charge in [-0.3, -0.25) is 0 Å². The zero-order valence-corrected chi connectivity index (χ0v) is 13.7. The van der Waals surface area contributed by atoms with Gasteiger partial charge < -0.3 is 9.47 Å². The molecule has 3 aliphatic rings. The van der Waals surface area contributed by atoms with Crippen molar-refractivity contribution in [1.82, 2.24) is 4.31 Å². The van der Waals surface area contributed by atoms with E-state index in [1.165, 1.54) is 25.7 Å². The molecule has 0 aromatic carbocycles. The van der Waals surface area contributed by atoms with Gasteiger partial charge >= 0.3 is 0 Å². The molecule has 0 radical (unpaired) electrons. The Hall–Kier alpha value is -0.170. The maximum atomic E-state index is 12.7. The summed E-state index contributed by atoms with van der Waals surface area (Å²) in [5, 5.41) is 0. The first-order valence-corrected chi connectivity index (χ1v) is 9.65. The lowest BCUT2D eigenvalue weighted by atomic mass is 10.1. The Morgan fingerprint density at radius 3 is 2.14 bits per heavy atom. The van der Waals surface area contributed by atoms with Gasteiger partial charge in [0.2, 0.25) is 10.0 Å². The van der Waals surface area contributed by atoms with Crippen molar-refractivity contribution in [2.45, 2.75) is 68.3 Å². The summed E-state index contributed by atoms with van der Waals surface area (Å²) in [6.45, 7) is 1.53. The maximum Gasteiger partial charge on any atom is 0.222 e. The molecule has 1 aliphatic heterocycles. The zero-order chi connectivity index (χ0) is 14.9. The quantitative estimate of drug-likeness (QED) is 0.751. The van der Waals surface area contributed by atoms with Crippen LogP contribution in [0, 0.1) is 0 Å². The fourth-order valence-corrected chi connectivity index (χ4v) is 5.78. The van der Waals surface area contributed by atoms with Crippen LogP contribution in [0.4, 0.5) is 0 Å². The van der Waals surface area contributed by atoms with Gasteiger partial charge in [0.15, 0.2) is 0 Å². The molecule has 0 aromatic heterocycles. The lowest BCUT2D eigenvalue weighted by molar-refractivity contribution is -0.0304. The van der Waals surface area contributed by atoms with Crippen molar-refractivity contribution in [2.24, 2.45) is 0 Å². The second-order valence-corrected chi connectivity index (χ2v) is 9.09. The maximum absolute atomic E-state index is 12.7. The Bertz CT molecular complexity index is 446. The van der Waals surface area contributed by atoms with Crippen molar-refractivity contribution in [3.8, 4) is 0 Å². The van der Waals surface area contributed by atoms with E-state index < -0.39 is 14.8 Å². The first kappa shape index (κ1) is 15.7. The summed E-state index contributed by atoms with van der Waals surface area (Å²) in [5.41, 5.74) is 0. The summed E-state index contributed by atoms with van der Waals surface area (Å²) in [4.78, 5) is 0. The SMILES string of the molecule is COCC1(S(=O)(=O)N2CCC(OC3CCCC3)CC2)CC1. The summed E-state index contributed by atoms with van der Waals surface area (Å²) in [6, 6.07) is 0. The van der Waals surface area contributed by atoms with Crippen LogP contribution in [0.2, 0.25) is 0 Å². The molecular formula is C15H27NO4S. The van der Waals surface area contributed by atoms with Crippen molar-refractivity contribution < 1.29 is 17.9 Å². The second-order valence-electron chi connectivity index (χ2n) is 6.76. The molecule has 0 bridgehead atoms. The first-order chi connectivity index (χ1) is 10.1. The molecule has 0 aromatic rings. The van der Waals surface area contributed by atoms with Crippen LogP contribution in [0.15, 0.2) is 0 Å². The molecule has 0 atom stereocenters. The Balaban J connectivity index is 1.53. The number of piperidine rings is 1. The Kier molecular flexibility index (Phi) is 4.60. The molecule has 0 N–H and O–H groups in total. The van der Waals surface area contributed by atoms with Crippen LogP contribution in [0.3, 0.4) is 0 Å². The van der Waals surface area contributed by atoms with E-state index in [2.05, 4.69) is 0 Å². The molecule has 21 heavy (non-hydrogen) atoms. The van der Waals surface area contributed by atoms with E-state index in [4.69, 9.17) is 9.47 Å². The number of hydrogen-bond donors (Lipinski definition) is 0. The largest absolute Gasteiger partial charge is 0.383 e. The summed E-state index contributed by atoms with van der Waals surface area (Å²) in [5.74, 6) is 0. The molecule has 3 fully saturated rings. The van der Waals surface area contributed by atoms with Crippen molar-refractivity contribution in [3.63, 3.8) is 0 Å². The third-order valence-electron chi connectivity index (χ3n) is 5.19.